The lowest BCUT2D eigenvalue weighted by atomic mass is 10.1. The average Bonchev–Trinajstić information content (AvgIpc) is 2.56. The zero-order valence-corrected chi connectivity index (χ0v) is 15.0. The van der Waals surface area contributed by atoms with Crippen molar-refractivity contribution in [3.05, 3.63) is 68.5 Å². The van der Waals surface area contributed by atoms with Crippen LogP contribution in [-0.2, 0) is 11.0 Å². The van der Waals surface area contributed by atoms with Crippen LogP contribution in [0.4, 0.5) is 27.6 Å². The molecule has 0 unspecified atom stereocenters. The van der Waals surface area contributed by atoms with Gasteiger partial charge in [0.1, 0.15) is 0 Å². The summed E-state index contributed by atoms with van der Waals surface area (Å²) in [6, 6.07) is 4.44. The molecule has 0 spiro atoms. The fraction of sp³-hybridized carbons (Fsp3) is 0.250. The Morgan fingerprint density at radius 1 is 1.00 bits per heavy atom. The Labute approximate surface area is 146 Å². The van der Waals surface area contributed by atoms with Crippen molar-refractivity contribution in [3.8, 4) is 0 Å². The average molecular weight is 391 g/mol. The molecule has 140 valence electrons. The second kappa shape index (κ2) is 7.12. The summed E-state index contributed by atoms with van der Waals surface area (Å²) in [5, 5.41) is 10.2. The summed E-state index contributed by atoms with van der Waals surface area (Å²) < 4.78 is 73.6. The molecule has 0 aliphatic rings. The van der Waals surface area contributed by atoms with Crippen LogP contribution in [0.3, 0.4) is 0 Å². The Kier molecular flexibility index (Phi) is 5.47. The first-order valence-electron chi connectivity index (χ1n) is 7.37. The molecule has 0 aliphatic carbocycles. The fourth-order valence-electron chi connectivity index (χ4n) is 2.56. The van der Waals surface area contributed by atoms with E-state index in [0.29, 0.717) is 5.56 Å². The molecule has 10 heteroatoms. The van der Waals surface area contributed by atoms with Crippen molar-refractivity contribution in [2.24, 2.45) is 0 Å². The van der Waals surface area contributed by atoms with Crippen molar-refractivity contribution >= 4 is 19.2 Å². The van der Waals surface area contributed by atoms with Gasteiger partial charge in [0.2, 0.25) is 14.1 Å². The zero-order chi connectivity index (χ0) is 19.8. The van der Waals surface area contributed by atoms with E-state index in [9.17, 15) is 32.1 Å². The zero-order valence-electron chi connectivity index (χ0n) is 14.0. The third-order valence-corrected chi connectivity index (χ3v) is 6.41. The molecule has 2 rings (SSSR count). The summed E-state index contributed by atoms with van der Waals surface area (Å²) in [5.41, 5.74) is 0.265. The van der Waals surface area contributed by atoms with Crippen LogP contribution in [-0.4, -0.2) is 13.2 Å². The van der Waals surface area contributed by atoms with E-state index < -0.39 is 54.1 Å². The number of hydrogen-bond acceptors (Lipinski definition) is 3. The van der Waals surface area contributed by atoms with Crippen molar-refractivity contribution < 1.29 is 31.3 Å². The minimum Gasteiger partial charge on any atom is -0.408 e. The number of halogens is 5. The monoisotopic (exact) mass is 391 g/mol. The molecule has 4 nitrogen and oxygen atoms in total. The Balaban J connectivity index is 2.43. The Bertz CT molecular complexity index is 860. The largest absolute Gasteiger partial charge is 0.408 e. The summed E-state index contributed by atoms with van der Waals surface area (Å²) in [6.45, 7) is 3.59. The number of para-hydroxylation sites is 1. The SMILES string of the molecule is Cc1cccc(CO[Si](C)(C)c2c(F)c(F)c(F)c(F)c2F)c1[N+](=O)[O-]. The van der Waals surface area contributed by atoms with E-state index in [1.165, 1.54) is 38.2 Å². The van der Waals surface area contributed by atoms with Gasteiger partial charge in [-0.25, -0.2) is 22.0 Å². The summed E-state index contributed by atoms with van der Waals surface area (Å²) in [6.07, 6.45) is 0. The maximum Gasteiger partial charge on any atom is 0.277 e. The van der Waals surface area contributed by atoms with Gasteiger partial charge in [-0.2, -0.15) is 0 Å². The normalized spacial score (nSPS) is 11.7. The van der Waals surface area contributed by atoms with Crippen LogP contribution in [0.25, 0.3) is 0 Å². The van der Waals surface area contributed by atoms with E-state index in [-0.39, 0.29) is 11.3 Å². The lowest BCUT2D eigenvalue weighted by Gasteiger charge is -2.25. The molecule has 0 N–H and O–H groups in total. The van der Waals surface area contributed by atoms with Crippen molar-refractivity contribution in [1.29, 1.82) is 0 Å². The highest BCUT2D eigenvalue weighted by Gasteiger charge is 2.38. The second-order valence-electron chi connectivity index (χ2n) is 6.08. The van der Waals surface area contributed by atoms with Crippen molar-refractivity contribution in [2.75, 3.05) is 0 Å². The quantitative estimate of drug-likeness (QED) is 0.191. The van der Waals surface area contributed by atoms with Crippen LogP contribution < -0.4 is 5.19 Å². The second-order valence-corrected chi connectivity index (χ2v) is 9.89. The van der Waals surface area contributed by atoms with Gasteiger partial charge in [-0.3, -0.25) is 10.1 Å². The van der Waals surface area contributed by atoms with Gasteiger partial charge in [0.05, 0.1) is 17.1 Å². The minimum atomic E-state index is -3.63. The van der Waals surface area contributed by atoms with Gasteiger partial charge in [0, 0.05) is 10.8 Å². The number of nitro benzene ring substituents is 1. The standard InChI is InChI=1S/C16H14F5NO3Si/c1-8-5-4-6-9(15(8)22(23)24)7-25-26(2,3)16-13(20)11(18)10(17)12(19)14(16)21/h4-6H,7H2,1-3H3. The van der Waals surface area contributed by atoms with E-state index in [2.05, 4.69) is 0 Å². The first kappa shape index (κ1) is 20.0. The van der Waals surface area contributed by atoms with E-state index in [0.717, 1.165) is 0 Å². The predicted molar refractivity (Wildman–Crippen MR) is 86.0 cm³/mol. The molecule has 0 aromatic heterocycles. The molecule has 0 atom stereocenters. The molecule has 0 heterocycles. The Hall–Kier alpha value is -2.33. The number of nitro groups is 1. The lowest BCUT2D eigenvalue weighted by molar-refractivity contribution is -0.386. The lowest BCUT2D eigenvalue weighted by Crippen LogP contribution is -2.49. The molecule has 0 bridgehead atoms. The summed E-state index contributed by atoms with van der Waals surface area (Å²) in [4.78, 5) is 10.5. The van der Waals surface area contributed by atoms with Gasteiger partial charge in [0.25, 0.3) is 5.69 Å². The Morgan fingerprint density at radius 3 is 2.00 bits per heavy atom. The van der Waals surface area contributed by atoms with Crippen molar-refractivity contribution in [1.82, 2.24) is 0 Å². The third kappa shape index (κ3) is 3.47. The van der Waals surface area contributed by atoms with Gasteiger partial charge in [-0.05, 0) is 26.1 Å². The fourth-order valence-corrected chi connectivity index (χ4v) is 4.50. The Morgan fingerprint density at radius 2 is 1.50 bits per heavy atom. The molecular formula is C16H14F5NO3Si. The van der Waals surface area contributed by atoms with Crippen LogP contribution in [0.2, 0.25) is 13.1 Å². The first-order valence-corrected chi connectivity index (χ1v) is 10.3. The molecule has 0 amide bonds. The molecule has 0 saturated heterocycles. The van der Waals surface area contributed by atoms with Crippen LogP contribution in [0, 0.1) is 46.1 Å². The summed E-state index contributed by atoms with van der Waals surface area (Å²) >= 11 is 0. The van der Waals surface area contributed by atoms with Crippen LogP contribution in [0.5, 0.6) is 0 Å². The van der Waals surface area contributed by atoms with E-state index in [1.54, 1.807) is 0 Å². The maximum absolute atomic E-state index is 14.0. The summed E-state index contributed by atoms with van der Waals surface area (Å²) in [7, 11) is -3.63. The van der Waals surface area contributed by atoms with Crippen molar-refractivity contribution in [2.45, 2.75) is 26.6 Å². The van der Waals surface area contributed by atoms with Crippen LogP contribution >= 0.6 is 0 Å². The smallest absolute Gasteiger partial charge is 0.277 e. The topological polar surface area (TPSA) is 52.4 Å². The van der Waals surface area contributed by atoms with E-state index in [4.69, 9.17) is 4.43 Å². The van der Waals surface area contributed by atoms with E-state index in [1.807, 2.05) is 0 Å². The molecule has 0 radical (unpaired) electrons. The van der Waals surface area contributed by atoms with Gasteiger partial charge in [0.15, 0.2) is 23.3 Å². The molecular weight excluding hydrogens is 377 g/mol. The number of benzene rings is 2. The van der Waals surface area contributed by atoms with E-state index >= 15 is 0 Å². The number of rotatable bonds is 5. The van der Waals surface area contributed by atoms with Crippen molar-refractivity contribution in [3.63, 3.8) is 0 Å². The maximum atomic E-state index is 14.0. The van der Waals surface area contributed by atoms with Gasteiger partial charge in [-0.1, -0.05) is 12.1 Å². The predicted octanol–water partition coefficient (Wildman–Crippen LogP) is 4.23. The molecule has 26 heavy (non-hydrogen) atoms. The highest BCUT2D eigenvalue weighted by atomic mass is 28.4. The summed E-state index contributed by atoms with van der Waals surface area (Å²) in [5.74, 6) is -10.2. The molecule has 0 fully saturated rings. The first-order chi connectivity index (χ1) is 12.0. The number of hydrogen-bond donors (Lipinski definition) is 0. The highest BCUT2D eigenvalue weighted by Crippen LogP contribution is 2.26. The highest BCUT2D eigenvalue weighted by molar-refractivity contribution is 6.84. The molecule has 0 aliphatic heterocycles. The van der Waals surface area contributed by atoms with Gasteiger partial charge in [-0.15, -0.1) is 0 Å². The number of aryl methyl sites for hydroxylation is 1. The number of nitrogens with zero attached hydrogens (tertiary/aromatic N) is 1. The third-order valence-electron chi connectivity index (χ3n) is 3.90. The van der Waals surface area contributed by atoms with Gasteiger partial charge >= 0.3 is 0 Å². The minimum absolute atomic E-state index is 0.138. The molecule has 0 saturated carbocycles. The van der Waals surface area contributed by atoms with Crippen LogP contribution in [0.1, 0.15) is 11.1 Å². The van der Waals surface area contributed by atoms with Gasteiger partial charge < -0.3 is 4.43 Å². The van der Waals surface area contributed by atoms with Crippen LogP contribution in [0.15, 0.2) is 18.2 Å². The molecule has 2 aromatic carbocycles. The molecule has 2 aromatic rings.